The molecule has 3 saturated heterocycles. The van der Waals surface area contributed by atoms with Crippen molar-refractivity contribution in [3.8, 4) is 0 Å². The number of carbonyl (C=O) groups excluding carboxylic acids is 2. The molecule has 38 heavy (non-hydrogen) atoms. The van der Waals surface area contributed by atoms with Crippen LogP contribution in [0, 0.1) is 0 Å². The summed E-state index contributed by atoms with van der Waals surface area (Å²) in [6.45, 7) is 2.36. The Balaban J connectivity index is 1.94. The SMILES string of the molecule is CC(=O)N[C@H]1[C@H](O[C@H]2[C@H](O[C@@H]3O[C@@H](C)[C@@H](O)[C@@H](O)[C@@H]3O)[C@@H](NC(C)=O)CO[C@@H]2CO)O[C@H](CO)[C@@H](O)[C@@H]1O. The van der Waals surface area contributed by atoms with Gasteiger partial charge in [0.2, 0.25) is 11.8 Å². The summed E-state index contributed by atoms with van der Waals surface area (Å²) < 4.78 is 28.8. The zero-order chi connectivity index (χ0) is 28.3. The van der Waals surface area contributed by atoms with E-state index in [0.717, 1.165) is 6.92 Å². The molecular formula is C22H38N2O14. The van der Waals surface area contributed by atoms with Gasteiger partial charge in [-0.1, -0.05) is 0 Å². The number of ether oxygens (including phenoxy) is 5. The lowest BCUT2D eigenvalue weighted by Gasteiger charge is -2.49. The van der Waals surface area contributed by atoms with E-state index in [-0.39, 0.29) is 6.61 Å². The summed E-state index contributed by atoms with van der Waals surface area (Å²) in [5.74, 6) is -1.07. The molecule has 3 heterocycles. The third-order valence-electron chi connectivity index (χ3n) is 6.79. The zero-order valence-corrected chi connectivity index (χ0v) is 21.2. The Hall–Kier alpha value is -1.54. The smallest absolute Gasteiger partial charge is 0.217 e. The van der Waals surface area contributed by atoms with Gasteiger partial charge in [0.15, 0.2) is 12.6 Å². The molecule has 9 N–H and O–H groups in total. The normalized spacial score (nSPS) is 45.8. The van der Waals surface area contributed by atoms with E-state index < -0.39 is 111 Å². The van der Waals surface area contributed by atoms with Crippen LogP contribution in [0.3, 0.4) is 0 Å². The van der Waals surface area contributed by atoms with Gasteiger partial charge in [-0.25, -0.2) is 0 Å². The first kappa shape index (κ1) is 31.0. The van der Waals surface area contributed by atoms with E-state index in [1.807, 2.05) is 0 Å². The van der Waals surface area contributed by atoms with E-state index in [1.165, 1.54) is 13.8 Å². The minimum absolute atomic E-state index is 0.167. The molecule has 14 atom stereocenters. The number of aliphatic hydroxyl groups is 7. The fourth-order valence-corrected chi connectivity index (χ4v) is 4.76. The first-order valence-electron chi connectivity index (χ1n) is 12.3. The van der Waals surface area contributed by atoms with E-state index in [0.29, 0.717) is 0 Å². The number of nitrogens with one attached hydrogen (secondary N) is 2. The standard InChI is InChI=1S/C22H38N2O14/c1-7-14(29)17(32)18(33)22(35-7)37-19-10(23-8(2)27)6-34-12(5-26)20(19)38-21-13(24-9(3)28)16(31)15(30)11(4-25)36-21/h7,10-22,25-26,29-33H,4-6H2,1-3H3,(H,23,27)(H,24,28)/t7-,10-,11+,12+,13+,14+,15+,16+,17+,18-,19+,20+,21-,22-/m0/s1. The Bertz CT molecular complexity index is 806. The largest absolute Gasteiger partial charge is 0.394 e. The van der Waals surface area contributed by atoms with Gasteiger partial charge in [0, 0.05) is 13.8 Å². The van der Waals surface area contributed by atoms with E-state index in [9.17, 15) is 45.3 Å². The Labute approximate surface area is 218 Å². The lowest BCUT2D eigenvalue weighted by molar-refractivity contribution is -0.346. The zero-order valence-electron chi connectivity index (χ0n) is 21.2. The number of hydrogen-bond donors (Lipinski definition) is 9. The molecule has 3 rings (SSSR count). The second-order valence-electron chi connectivity index (χ2n) is 9.68. The quantitative estimate of drug-likeness (QED) is 0.136. The molecule has 220 valence electrons. The summed E-state index contributed by atoms with van der Waals surface area (Å²) in [6.07, 6.45) is -16.9. The van der Waals surface area contributed by atoms with Crippen LogP contribution in [0.2, 0.25) is 0 Å². The van der Waals surface area contributed by atoms with Crippen molar-refractivity contribution in [2.24, 2.45) is 0 Å². The minimum Gasteiger partial charge on any atom is -0.394 e. The summed E-state index contributed by atoms with van der Waals surface area (Å²) in [5, 5.41) is 76.3. The highest BCUT2D eigenvalue weighted by Crippen LogP contribution is 2.31. The molecule has 16 nitrogen and oxygen atoms in total. The molecule has 0 unspecified atom stereocenters. The molecule has 0 spiro atoms. The van der Waals surface area contributed by atoms with E-state index in [1.54, 1.807) is 0 Å². The van der Waals surface area contributed by atoms with Crippen LogP contribution in [0.25, 0.3) is 0 Å². The number of rotatable bonds is 8. The lowest BCUT2D eigenvalue weighted by atomic mass is 9.94. The second kappa shape index (κ2) is 13.2. The fraction of sp³-hybridized carbons (Fsp3) is 0.909. The van der Waals surface area contributed by atoms with Crippen LogP contribution < -0.4 is 10.6 Å². The van der Waals surface area contributed by atoms with Gasteiger partial charge in [0.25, 0.3) is 0 Å². The van der Waals surface area contributed by atoms with Crippen molar-refractivity contribution in [1.82, 2.24) is 10.6 Å². The molecular weight excluding hydrogens is 516 g/mol. The Morgan fingerprint density at radius 2 is 1.37 bits per heavy atom. The van der Waals surface area contributed by atoms with Crippen molar-refractivity contribution < 1.29 is 69.0 Å². The molecule has 0 aromatic heterocycles. The van der Waals surface area contributed by atoms with Crippen molar-refractivity contribution in [2.45, 2.75) is 106 Å². The summed E-state index contributed by atoms with van der Waals surface area (Å²) in [5.41, 5.74) is 0. The third-order valence-corrected chi connectivity index (χ3v) is 6.79. The average Bonchev–Trinajstić information content (AvgIpc) is 2.86. The Kier molecular flexibility index (Phi) is 10.8. The topological polar surface area (TPSA) is 246 Å². The highest BCUT2D eigenvalue weighted by atomic mass is 16.7. The maximum Gasteiger partial charge on any atom is 0.217 e. The first-order valence-corrected chi connectivity index (χ1v) is 12.3. The van der Waals surface area contributed by atoms with Gasteiger partial charge >= 0.3 is 0 Å². The van der Waals surface area contributed by atoms with Gasteiger partial charge in [-0.15, -0.1) is 0 Å². The van der Waals surface area contributed by atoms with Gasteiger partial charge in [-0.2, -0.15) is 0 Å². The molecule has 3 aliphatic rings. The second-order valence-corrected chi connectivity index (χ2v) is 9.68. The number of amides is 2. The van der Waals surface area contributed by atoms with Gasteiger partial charge in [0.1, 0.15) is 61.0 Å². The third kappa shape index (κ3) is 6.78. The van der Waals surface area contributed by atoms with Gasteiger partial charge < -0.3 is 70.1 Å². The van der Waals surface area contributed by atoms with E-state index >= 15 is 0 Å². The lowest BCUT2D eigenvalue weighted by Crippen LogP contribution is -2.69. The molecule has 2 amide bonds. The van der Waals surface area contributed by atoms with Gasteiger partial charge in [-0.3, -0.25) is 9.59 Å². The van der Waals surface area contributed by atoms with E-state index in [4.69, 9.17) is 23.7 Å². The number of aliphatic hydroxyl groups excluding tert-OH is 7. The predicted molar refractivity (Wildman–Crippen MR) is 122 cm³/mol. The summed E-state index contributed by atoms with van der Waals surface area (Å²) >= 11 is 0. The molecule has 3 fully saturated rings. The van der Waals surface area contributed by atoms with Crippen molar-refractivity contribution >= 4 is 11.8 Å². The van der Waals surface area contributed by atoms with Crippen LogP contribution in [0.15, 0.2) is 0 Å². The molecule has 0 aromatic rings. The van der Waals surface area contributed by atoms with Crippen LogP contribution in [0.5, 0.6) is 0 Å². The van der Waals surface area contributed by atoms with E-state index in [2.05, 4.69) is 10.6 Å². The van der Waals surface area contributed by atoms with Crippen LogP contribution in [0.4, 0.5) is 0 Å². The molecule has 3 aliphatic heterocycles. The van der Waals surface area contributed by atoms with Crippen LogP contribution in [-0.2, 0) is 33.3 Å². The van der Waals surface area contributed by atoms with Crippen molar-refractivity contribution in [1.29, 1.82) is 0 Å². The molecule has 0 saturated carbocycles. The van der Waals surface area contributed by atoms with Crippen molar-refractivity contribution in [3.63, 3.8) is 0 Å². The fourth-order valence-electron chi connectivity index (χ4n) is 4.76. The van der Waals surface area contributed by atoms with Crippen LogP contribution in [-0.4, -0.2) is 153 Å². The molecule has 0 aliphatic carbocycles. The van der Waals surface area contributed by atoms with Crippen molar-refractivity contribution in [2.75, 3.05) is 19.8 Å². The summed E-state index contributed by atoms with van der Waals surface area (Å²) in [7, 11) is 0. The number of carbonyl (C=O) groups is 2. The average molecular weight is 555 g/mol. The molecule has 0 bridgehead atoms. The Morgan fingerprint density at radius 1 is 0.763 bits per heavy atom. The van der Waals surface area contributed by atoms with Crippen LogP contribution >= 0.6 is 0 Å². The maximum absolute atomic E-state index is 11.9. The predicted octanol–water partition coefficient (Wildman–Crippen LogP) is -5.58. The molecule has 0 aromatic carbocycles. The van der Waals surface area contributed by atoms with Crippen LogP contribution in [0.1, 0.15) is 20.8 Å². The number of hydrogen-bond acceptors (Lipinski definition) is 14. The van der Waals surface area contributed by atoms with Crippen molar-refractivity contribution in [3.05, 3.63) is 0 Å². The first-order chi connectivity index (χ1) is 17.9. The van der Waals surface area contributed by atoms with Gasteiger partial charge in [-0.05, 0) is 6.92 Å². The molecule has 0 radical (unpaired) electrons. The van der Waals surface area contributed by atoms with Gasteiger partial charge in [0.05, 0.1) is 32.0 Å². The highest BCUT2D eigenvalue weighted by Gasteiger charge is 2.52. The Morgan fingerprint density at radius 3 is 1.95 bits per heavy atom. The minimum atomic E-state index is -1.70. The molecule has 16 heteroatoms. The summed E-state index contributed by atoms with van der Waals surface area (Å²) in [4.78, 5) is 23.7. The monoisotopic (exact) mass is 554 g/mol. The maximum atomic E-state index is 11.9. The summed E-state index contributed by atoms with van der Waals surface area (Å²) in [6, 6.07) is -2.28. The highest BCUT2D eigenvalue weighted by molar-refractivity contribution is 5.73.